The van der Waals surface area contributed by atoms with Crippen molar-refractivity contribution in [1.82, 2.24) is 5.32 Å². The summed E-state index contributed by atoms with van der Waals surface area (Å²) >= 11 is 3.29. The molecule has 0 aliphatic rings. The zero-order valence-corrected chi connectivity index (χ0v) is 13.0. The highest BCUT2D eigenvalue weighted by Gasteiger charge is 2.12. The van der Waals surface area contributed by atoms with Crippen LogP contribution in [-0.4, -0.2) is 39.5 Å². The Morgan fingerprint density at radius 3 is 2.84 bits per heavy atom. The molecule has 0 fully saturated rings. The molecule has 1 atom stereocenters. The van der Waals surface area contributed by atoms with Gasteiger partial charge in [-0.25, -0.2) is 4.39 Å². The van der Waals surface area contributed by atoms with Crippen LogP contribution in [0.1, 0.15) is 12.5 Å². The predicted octanol–water partition coefficient (Wildman–Crippen LogP) is 2.77. The minimum absolute atomic E-state index is 0.167. The molecule has 0 amide bonds. The standard InChI is InChI=1S/C14H21BrFNO2/c1-3-17-12(10-19-8-7-18-2)9-11-5-4-6-13(16)14(11)15/h4-6,12,17H,3,7-10H2,1-2H3. The van der Waals surface area contributed by atoms with E-state index < -0.39 is 0 Å². The lowest BCUT2D eigenvalue weighted by Crippen LogP contribution is -2.35. The number of methoxy groups -OCH3 is 1. The molecule has 0 heterocycles. The fourth-order valence-electron chi connectivity index (χ4n) is 1.82. The summed E-state index contributed by atoms with van der Waals surface area (Å²) in [5, 5.41) is 3.35. The second-order valence-corrected chi connectivity index (χ2v) is 5.03. The molecule has 1 aromatic carbocycles. The number of halogens is 2. The summed E-state index contributed by atoms with van der Waals surface area (Å²) in [5.74, 6) is -0.229. The molecule has 1 N–H and O–H groups in total. The van der Waals surface area contributed by atoms with Gasteiger partial charge >= 0.3 is 0 Å². The van der Waals surface area contributed by atoms with Gasteiger partial charge in [0.1, 0.15) is 5.82 Å². The van der Waals surface area contributed by atoms with E-state index in [2.05, 4.69) is 21.2 Å². The summed E-state index contributed by atoms with van der Waals surface area (Å²) in [6.07, 6.45) is 0.721. The molecule has 0 saturated heterocycles. The van der Waals surface area contributed by atoms with E-state index in [1.54, 1.807) is 13.2 Å². The number of likely N-dealkylation sites (N-methyl/N-ethyl adjacent to an activating group) is 1. The molecule has 0 aliphatic heterocycles. The normalized spacial score (nSPS) is 12.6. The largest absolute Gasteiger partial charge is 0.382 e. The average molecular weight is 334 g/mol. The molecule has 0 saturated carbocycles. The van der Waals surface area contributed by atoms with Gasteiger partial charge in [-0.1, -0.05) is 19.1 Å². The highest BCUT2D eigenvalue weighted by atomic mass is 79.9. The predicted molar refractivity (Wildman–Crippen MR) is 78.0 cm³/mol. The van der Waals surface area contributed by atoms with Crippen molar-refractivity contribution in [3.8, 4) is 0 Å². The molecule has 19 heavy (non-hydrogen) atoms. The quantitative estimate of drug-likeness (QED) is 0.705. The van der Waals surface area contributed by atoms with Crippen LogP contribution in [0, 0.1) is 5.82 Å². The Hall–Kier alpha value is -0.490. The Kier molecular flexibility index (Phi) is 8.21. The van der Waals surface area contributed by atoms with Crippen molar-refractivity contribution in [1.29, 1.82) is 0 Å². The molecular weight excluding hydrogens is 313 g/mol. The number of hydrogen-bond donors (Lipinski definition) is 1. The van der Waals surface area contributed by atoms with Crippen molar-refractivity contribution < 1.29 is 13.9 Å². The molecule has 0 aromatic heterocycles. The Morgan fingerprint density at radius 2 is 2.16 bits per heavy atom. The van der Waals surface area contributed by atoms with Crippen LogP contribution in [0.3, 0.4) is 0 Å². The highest BCUT2D eigenvalue weighted by molar-refractivity contribution is 9.10. The lowest BCUT2D eigenvalue weighted by molar-refractivity contribution is 0.0589. The zero-order valence-electron chi connectivity index (χ0n) is 11.4. The van der Waals surface area contributed by atoms with E-state index >= 15 is 0 Å². The number of nitrogens with one attached hydrogen (secondary N) is 1. The molecule has 0 spiro atoms. The SMILES string of the molecule is CCNC(COCCOC)Cc1cccc(F)c1Br. The Labute approximate surface area is 122 Å². The summed E-state index contributed by atoms with van der Waals surface area (Å²) in [6, 6.07) is 5.27. The third-order valence-corrected chi connectivity index (χ3v) is 3.63. The fourth-order valence-corrected chi connectivity index (χ4v) is 2.24. The first kappa shape index (κ1) is 16.6. The zero-order chi connectivity index (χ0) is 14.1. The average Bonchev–Trinajstić information content (AvgIpc) is 2.40. The third-order valence-electron chi connectivity index (χ3n) is 2.74. The molecular formula is C14H21BrFNO2. The van der Waals surface area contributed by atoms with Gasteiger partial charge in [0.15, 0.2) is 0 Å². The van der Waals surface area contributed by atoms with Crippen molar-refractivity contribution in [2.45, 2.75) is 19.4 Å². The molecule has 1 aromatic rings. The van der Waals surface area contributed by atoms with Crippen molar-refractivity contribution in [2.75, 3.05) is 33.5 Å². The number of benzene rings is 1. The van der Waals surface area contributed by atoms with Crippen LogP contribution in [0.15, 0.2) is 22.7 Å². The van der Waals surface area contributed by atoms with Crippen LogP contribution < -0.4 is 5.32 Å². The van der Waals surface area contributed by atoms with Gasteiger partial charge < -0.3 is 14.8 Å². The molecule has 0 bridgehead atoms. The van der Waals surface area contributed by atoms with Gasteiger partial charge in [-0.2, -0.15) is 0 Å². The van der Waals surface area contributed by atoms with E-state index in [1.807, 2.05) is 13.0 Å². The van der Waals surface area contributed by atoms with Crippen LogP contribution in [-0.2, 0) is 15.9 Å². The summed E-state index contributed by atoms with van der Waals surface area (Å²) < 4.78 is 24.5. The number of rotatable bonds is 9. The first-order valence-corrected chi connectivity index (χ1v) is 7.21. The fraction of sp³-hybridized carbons (Fsp3) is 0.571. The van der Waals surface area contributed by atoms with E-state index in [0.717, 1.165) is 18.5 Å². The van der Waals surface area contributed by atoms with Crippen LogP contribution >= 0.6 is 15.9 Å². The molecule has 108 valence electrons. The van der Waals surface area contributed by atoms with Gasteiger partial charge in [-0.05, 0) is 40.5 Å². The summed E-state index contributed by atoms with van der Waals surface area (Å²) in [6.45, 7) is 4.64. The van der Waals surface area contributed by atoms with Crippen molar-refractivity contribution >= 4 is 15.9 Å². The van der Waals surface area contributed by atoms with Crippen molar-refractivity contribution in [3.05, 3.63) is 34.1 Å². The minimum Gasteiger partial charge on any atom is -0.382 e. The van der Waals surface area contributed by atoms with E-state index in [4.69, 9.17) is 9.47 Å². The third kappa shape index (κ3) is 5.99. The Balaban J connectivity index is 2.54. The van der Waals surface area contributed by atoms with E-state index in [9.17, 15) is 4.39 Å². The van der Waals surface area contributed by atoms with E-state index in [0.29, 0.717) is 24.3 Å². The molecule has 0 radical (unpaired) electrons. The smallest absolute Gasteiger partial charge is 0.137 e. The van der Waals surface area contributed by atoms with Crippen LogP contribution in [0.25, 0.3) is 0 Å². The van der Waals surface area contributed by atoms with E-state index in [1.165, 1.54) is 6.07 Å². The number of ether oxygens (including phenoxy) is 2. The summed E-state index contributed by atoms with van der Waals surface area (Å²) in [7, 11) is 1.65. The minimum atomic E-state index is -0.229. The molecule has 1 rings (SSSR count). The van der Waals surface area contributed by atoms with Crippen molar-refractivity contribution in [2.24, 2.45) is 0 Å². The first-order chi connectivity index (χ1) is 9.19. The highest BCUT2D eigenvalue weighted by Crippen LogP contribution is 2.21. The maximum absolute atomic E-state index is 13.5. The lowest BCUT2D eigenvalue weighted by Gasteiger charge is -2.19. The molecule has 5 heteroatoms. The monoisotopic (exact) mass is 333 g/mol. The van der Waals surface area contributed by atoms with Gasteiger partial charge in [0.05, 0.1) is 24.3 Å². The van der Waals surface area contributed by atoms with E-state index in [-0.39, 0.29) is 11.9 Å². The van der Waals surface area contributed by atoms with Gasteiger partial charge in [-0.15, -0.1) is 0 Å². The second kappa shape index (κ2) is 9.42. The van der Waals surface area contributed by atoms with Gasteiger partial charge in [0.2, 0.25) is 0 Å². The maximum atomic E-state index is 13.5. The van der Waals surface area contributed by atoms with Gasteiger partial charge in [0, 0.05) is 13.2 Å². The summed E-state index contributed by atoms with van der Waals surface area (Å²) in [4.78, 5) is 0. The van der Waals surface area contributed by atoms with Gasteiger partial charge in [0.25, 0.3) is 0 Å². The van der Waals surface area contributed by atoms with Crippen LogP contribution in [0.2, 0.25) is 0 Å². The maximum Gasteiger partial charge on any atom is 0.137 e. The Bertz CT molecular complexity index is 376. The Morgan fingerprint density at radius 1 is 1.37 bits per heavy atom. The topological polar surface area (TPSA) is 30.5 Å². The van der Waals surface area contributed by atoms with Crippen LogP contribution in [0.4, 0.5) is 4.39 Å². The van der Waals surface area contributed by atoms with Crippen molar-refractivity contribution in [3.63, 3.8) is 0 Å². The molecule has 0 aliphatic carbocycles. The lowest BCUT2D eigenvalue weighted by atomic mass is 10.1. The van der Waals surface area contributed by atoms with Gasteiger partial charge in [-0.3, -0.25) is 0 Å². The molecule has 1 unspecified atom stereocenters. The molecule has 3 nitrogen and oxygen atoms in total. The first-order valence-electron chi connectivity index (χ1n) is 6.42. The summed E-state index contributed by atoms with van der Waals surface area (Å²) in [5.41, 5.74) is 0.946. The second-order valence-electron chi connectivity index (χ2n) is 4.24. The van der Waals surface area contributed by atoms with Crippen LogP contribution in [0.5, 0.6) is 0 Å². The number of hydrogen-bond acceptors (Lipinski definition) is 3.